The maximum atomic E-state index is 10.3. The number of nitrogens with one attached hydrogen (secondary N) is 1. The Balaban J connectivity index is 2.14. The van der Waals surface area contributed by atoms with E-state index in [1.54, 1.807) is 22.7 Å². The lowest BCUT2D eigenvalue weighted by Crippen LogP contribution is -1.85. The van der Waals surface area contributed by atoms with Gasteiger partial charge in [0.2, 0.25) is 0 Å². The molecular formula is C10H11N3OS2. The lowest BCUT2D eigenvalue weighted by molar-refractivity contribution is -0.107. The molecule has 0 bridgehead atoms. The van der Waals surface area contributed by atoms with E-state index in [0.29, 0.717) is 6.42 Å². The van der Waals surface area contributed by atoms with Gasteiger partial charge in [0, 0.05) is 18.8 Å². The largest absolute Gasteiger partial charge is 0.365 e. The number of hydrogen-bond donors (Lipinski definition) is 1. The van der Waals surface area contributed by atoms with E-state index < -0.39 is 0 Å². The highest BCUT2D eigenvalue weighted by Gasteiger charge is 2.08. The molecule has 0 fully saturated rings. The average Bonchev–Trinajstić information content (AvgIpc) is 2.94. The summed E-state index contributed by atoms with van der Waals surface area (Å²) in [7, 11) is 1.85. The number of carbonyl (C=O) groups is 1. The molecule has 6 heteroatoms. The highest BCUT2D eigenvalue weighted by molar-refractivity contribution is 7.23. The lowest BCUT2D eigenvalue weighted by atomic mass is 10.3. The van der Waals surface area contributed by atoms with Crippen molar-refractivity contribution in [3.8, 4) is 9.88 Å². The number of nitrogens with zero attached hydrogens (tertiary/aromatic N) is 2. The van der Waals surface area contributed by atoms with Gasteiger partial charge >= 0.3 is 0 Å². The molecule has 4 nitrogen and oxygen atoms in total. The number of thiazole rings is 2. The highest BCUT2D eigenvalue weighted by Crippen LogP contribution is 2.31. The van der Waals surface area contributed by atoms with Gasteiger partial charge in [-0.15, -0.1) is 11.3 Å². The van der Waals surface area contributed by atoms with E-state index in [-0.39, 0.29) is 0 Å². The van der Waals surface area contributed by atoms with Crippen LogP contribution in [0.5, 0.6) is 0 Å². The summed E-state index contributed by atoms with van der Waals surface area (Å²) in [6.07, 6.45) is 4.00. The number of rotatable bonds is 5. The number of aromatic nitrogens is 2. The summed E-state index contributed by atoms with van der Waals surface area (Å²) >= 11 is 3.17. The van der Waals surface area contributed by atoms with Crippen molar-refractivity contribution in [3.05, 3.63) is 17.3 Å². The fourth-order valence-corrected chi connectivity index (χ4v) is 2.91. The Morgan fingerprint density at radius 2 is 2.44 bits per heavy atom. The SMILES string of the molecule is CNc1ncc(-c2nc(CCC=O)cs2)s1. The van der Waals surface area contributed by atoms with E-state index in [9.17, 15) is 4.79 Å². The summed E-state index contributed by atoms with van der Waals surface area (Å²) < 4.78 is 0. The summed E-state index contributed by atoms with van der Waals surface area (Å²) in [6.45, 7) is 0. The minimum absolute atomic E-state index is 0.535. The first-order chi connectivity index (χ1) is 7.83. The van der Waals surface area contributed by atoms with Crippen molar-refractivity contribution >= 4 is 34.1 Å². The maximum Gasteiger partial charge on any atom is 0.183 e. The molecule has 1 N–H and O–H groups in total. The summed E-state index contributed by atoms with van der Waals surface area (Å²) in [4.78, 5) is 20.0. The molecule has 16 heavy (non-hydrogen) atoms. The van der Waals surface area contributed by atoms with Crippen LogP contribution in [0.1, 0.15) is 12.1 Å². The van der Waals surface area contributed by atoms with Crippen LogP contribution in [0.15, 0.2) is 11.6 Å². The van der Waals surface area contributed by atoms with Gasteiger partial charge in [0.05, 0.1) is 16.8 Å². The maximum absolute atomic E-state index is 10.3. The van der Waals surface area contributed by atoms with E-state index >= 15 is 0 Å². The third kappa shape index (κ3) is 2.45. The second-order valence-electron chi connectivity index (χ2n) is 3.13. The van der Waals surface area contributed by atoms with Crippen LogP contribution in [0.2, 0.25) is 0 Å². The Bertz CT molecular complexity index is 478. The molecule has 0 amide bonds. The molecule has 0 aliphatic rings. The summed E-state index contributed by atoms with van der Waals surface area (Å²) in [5.41, 5.74) is 0.978. The second-order valence-corrected chi connectivity index (χ2v) is 5.02. The molecule has 0 saturated heterocycles. The van der Waals surface area contributed by atoms with Crippen LogP contribution in [0.25, 0.3) is 9.88 Å². The third-order valence-corrected chi connectivity index (χ3v) is 4.08. The predicted octanol–water partition coefficient (Wildman–Crippen LogP) is 2.44. The first kappa shape index (κ1) is 11.2. The van der Waals surface area contributed by atoms with E-state index in [1.165, 1.54) is 0 Å². The van der Waals surface area contributed by atoms with Gasteiger partial charge in [0.15, 0.2) is 5.13 Å². The first-order valence-electron chi connectivity index (χ1n) is 4.85. The van der Waals surface area contributed by atoms with Crippen LogP contribution in [0, 0.1) is 0 Å². The number of aryl methyl sites for hydroxylation is 1. The molecule has 84 valence electrons. The first-order valence-corrected chi connectivity index (χ1v) is 6.55. The van der Waals surface area contributed by atoms with Crippen LogP contribution in [0.3, 0.4) is 0 Å². The number of aldehydes is 1. The molecule has 0 unspecified atom stereocenters. The number of hydrogen-bond acceptors (Lipinski definition) is 6. The second kappa shape index (κ2) is 5.18. The van der Waals surface area contributed by atoms with Crippen molar-refractivity contribution in [1.82, 2.24) is 9.97 Å². The molecule has 0 atom stereocenters. The molecule has 2 aromatic heterocycles. The highest BCUT2D eigenvalue weighted by atomic mass is 32.1. The Hall–Kier alpha value is -1.27. The van der Waals surface area contributed by atoms with Crippen molar-refractivity contribution in [2.45, 2.75) is 12.8 Å². The zero-order valence-electron chi connectivity index (χ0n) is 8.77. The van der Waals surface area contributed by atoms with E-state index in [1.807, 2.05) is 18.6 Å². The zero-order chi connectivity index (χ0) is 11.4. The Morgan fingerprint density at radius 3 is 3.12 bits per heavy atom. The quantitative estimate of drug-likeness (QED) is 0.832. The molecule has 0 saturated carbocycles. The van der Waals surface area contributed by atoms with Crippen LogP contribution in [0.4, 0.5) is 5.13 Å². The molecule has 0 aliphatic heterocycles. The standard InChI is InChI=1S/C10H11N3OS2/c1-11-10-12-5-8(16-10)9-13-7(6-15-9)3-2-4-14/h4-6H,2-3H2,1H3,(H,11,12). The van der Waals surface area contributed by atoms with Gasteiger partial charge in [0.1, 0.15) is 11.3 Å². The van der Waals surface area contributed by atoms with E-state index in [0.717, 1.165) is 33.4 Å². The summed E-state index contributed by atoms with van der Waals surface area (Å²) in [6, 6.07) is 0. The van der Waals surface area contributed by atoms with Crippen molar-refractivity contribution < 1.29 is 4.79 Å². The van der Waals surface area contributed by atoms with Crippen LogP contribution >= 0.6 is 22.7 Å². The van der Waals surface area contributed by atoms with Crippen molar-refractivity contribution in [2.75, 3.05) is 12.4 Å². The molecule has 0 radical (unpaired) electrons. The third-order valence-electron chi connectivity index (χ3n) is 2.00. The van der Waals surface area contributed by atoms with Gasteiger partial charge in [-0.05, 0) is 6.42 Å². The molecule has 0 spiro atoms. The fraction of sp³-hybridized carbons (Fsp3) is 0.300. The summed E-state index contributed by atoms with van der Waals surface area (Å²) in [5, 5.41) is 6.85. The van der Waals surface area contributed by atoms with E-state index in [2.05, 4.69) is 15.3 Å². The lowest BCUT2D eigenvalue weighted by Gasteiger charge is -1.89. The predicted molar refractivity (Wildman–Crippen MR) is 67.2 cm³/mol. The van der Waals surface area contributed by atoms with Gasteiger partial charge in [-0.1, -0.05) is 11.3 Å². The Labute approximate surface area is 101 Å². The zero-order valence-corrected chi connectivity index (χ0v) is 10.4. The smallest absolute Gasteiger partial charge is 0.183 e. The monoisotopic (exact) mass is 253 g/mol. The van der Waals surface area contributed by atoms with Gasteiger partial charge in [-0.3, -0.25) is 0 Å². The van der Waals surface area contributed by atoms with Crippen molar-refractivity contribution in [1.29, 1.82) is 0 Å². The molecule has 0 aliphatic carbocycles. The van der Waals surface area contributed by atoms with Gasteiger partial charge in [-0.25, -0.2) is 9.97 Å². The topological polar surface area (TPSA) is 54.9 Å². The minimum atomic E-state index is 0.535. The van der Waals surface area contributed by atoms with Crippen molar-refractivity contribution in [3.63, 3.8) is 0 Å². The summed E-state index contributed by atoms with van der Waals surface area (Å²) in [5.74, 6) is 0. The normalized spacial score (nSPS) is 10.3. The average molecular weight is 253 g/mol. The van der Waals surface area contributed by atoms with Gasteiger partial charge < -0.3 is 10.1 Å². The number of anilines is 1. The minimum Gasteiger partial charge on any atom is -0.365 e. The molecule has 2 heterocycles. The molecule has 2 rings (SSSR count). The Kier molecular flexibility index (Phi) is 3.63. The Morgan fingerprint density at radius 1 is 1.56 bits per heavy atom. The van der Waals surface area contributed by atoms with E-state index in [4.69, 9.17) is 0 Å². The van der Waals surface area contributed by atoms with Gasteiger partial charge in [0.25, 0.3) is 0 Å². The molecule has 2 aromatic rings. The van der Waals surface area contributed by atoms with Crippen LogP contribution in [-0.4, -0.2) is 23.3 Å². The van der Waals surface area contributed by atoms with Crippen molar-refractivity contribution in [2.24, 2.45) is 0 Å². The fourth-order valence-electron chi connectivity index (χ4n) is 1.23. The van der Waals surface area contributed by atoms with Crippen LogP contribution in [-0.2, 0) is 11.2 Å². The molecular weight excluding hydrogens is 242 g/mol. The number of carbonyl (C=O) groups excluding carboxylic acids is 1. The van der Waals surface area contributed by atoms with Gasteiger partial charge in [-0.2, -0.15) is 0 Å². The molecule has 0 aromatic carbocycles. The van der Waals surface area contributed by atoms with Crippen LogP contribution < -0.4 is 5.32 Å².